The molecular formula is C13H18O2. The summed E-state index contributed by atoms with van der Waals surface area (Å²) in [4.78, 5) is 10.9. The molecule has 0 aliphatic carbocycles. The molecule has 2 nitrogen and oxygen atoms in total. The van der Waals surface area contributed by atoms with Crippen molar-refractivity contribution in [2.75, 3.05) is 0 Å². The van der Waals surface area contributed by atoms with E-state index in [0.717, 1.165) is 12.0 Å². The maximum atomic E-state index is 10.9. The highest BCUT2D eigenvalue weighted by Crippen LogP contribution is 2.19. The Kier molecular flexibility index (Phi) is 3.89. The van der Waals surface area contributed by atoms with Crippen LogP contribution in [0.4, 0.5) is 0 Å². The number of Topliss-reactive ketones (excluding diaryl/α,β-unsaturated/α-hetero) is 1. The SMILES string of the molecule is CC(=O)CC(C)Cc1ccc(O)cc1C. The lowest BCUT2D eigenvalue weighted by molar-refractivity contribution is -0.117. The molecule has 0 amide bonds. The Hall–Kier alpha value is -1.31. The van der Waals surface area contributed by atoms with Crippen LogP contribution in [0.1, 0.15) is 31.4 Å². The highest BCUT2D eigenvalue weighted by atomic mass is 16.3. The van der Waals surface area contributed by atoms with Gasteiger partial charge in [0.25, 0.3) is 0 Å². The van der Waals surface area contributed by atoms with Crippen LogP contribution in [-0.4, -0.2) is 10.9 Å². The Morgan fingerprint density at radius 3 is 2.67 bits per heavy atom. The Morgan fingerprint density at radius 2 is 2.13 bits per heavy atom. The van der Waals surface area contributed by atoms with E-state index in [4.69, 9.17) is 0 Å². The second kappa shape index (κ2) is 4.96. The van der Waals surface area contributed by atoms with Crippen molar-refractivity contribution < 1.29 is 9.90 Å². The first-order chi connectivity index (χ1) is 6.99. The van der Waals surface area contributed by atoms with Gasteiger partial charge in [0.05, 0.1) is 0 Å². The fourth-order valence-corrected chi connectivity index (χ4v) is 1.85. The van der Waals surface area contributed by atoms with Gasteiger partial charge in [0.1, 0.15) is 11.5 Å². The zero-order valence-corrected chi connectivity index (χ0v) is 9.58. The van der Waals surface area contributed by atoms with Crippen molar-refractivity contribution in [2.45, 2.75) is 33.6 Å². The molecule has 1 atom stereocenters. The predicted molar refractivity (Wildman–Crippen MR) is 61.0 cm³/mol. The van der Waals surface area contributed by atoms with Crippen LogP contribution < -0.4 is 0 Å². The van der Waals surface area contributed by atoms with Gasteiger partial charge >= 0.3 is 0 Å². The molecule has 0 spiro atoms. The Labute approximate surface area is 90.9 Å². The van der Waals surface area contributed by atoms with E-state index >= 15 is 0 Å². The molecule has 0 heterocycles. The van der Waals surface area contributed by atoms with E-state index in [9.17, 15) is 9.90 Å². The standard InChI is InChI=1S/C13H18O2/c1-9(6-11(3)14)7-12-4-5-13(15)8-10(12)2/h4-5,8-9,15H,6-7H2,1-3H3. The topological polar surface area (TPSA) is 37.3 Å². The third-order valence-electron chi connectivity index (χ3n) is 2.53. The zero-order chi connectivity index (χ0) is 11.4. The quantitative estimate of drug-likeness (QED) is 0.822. The lowest BCUT2D eigenvalue weighted by atomic mass is 9.94. The monoisotopic (exact) mass is 206 g/mol. The second-order valence-corrected chi connectivity index (χ2v) is 4.33. The number of hydrogen-bond donors (Lipinski definition) is 1. The molecule has 0 saturated carbocycles. The van der Waals surface area contributed by atoms with Crippen LogP contribution in [0.5, 0.6) is 5.75 Å². The van der Waals surface area contributed by atoms with Gasteiger partial charge in [-0.3, -0.25) is 0 Å². The molecule has 0 radical (unpaired) electrons. The molecule has 0 aliphatic rings. The summed E-state index contributed by atoms with van der Waals surface area (Å²) in [6, 6.07) is 5.39. The first kappa shape index (κ1) is 11.8. The first-order valence-electron chi connectivity index (χ1n) is 5.27. The summed E-state index contributed by atoms with van der Waals surface area (Å²) in [6.45, 7) is 5.68. The first-order valence-corrected chi connectivity index (χ1v) is 5.27. The summed E-state index contributed by atoms with van der Waals surface area (Å²) in [5.41, 5.74) is 2.30. The highest BCUT2D eigenvalue weighted by molar-refractivity contribution is 5.75. The summed E-state index contributed by atoms with van der Waals surface area (Å²) >= 11 is 0. The average Bonchev–Trinajstić information content (AvgIpc) is 2.08. The maximum absolute atomic E-state index is 10.9. The largest absolute Gasteiger partial charge is 0.508 e. The fourth-order valence-electron chi connectivity index (χ4n) is 1.85. The Morgan fingerprint density at radius 1 is 1.47 bits per heavy atom. The van der Waals surface area contributed by atoms with Crippen molar-refractivity contribution in [1.29, 1.82) is 0 Å². The predicted octanol–water partition coefficient (Wildman–Crippen LogP) is 2.86. The van der Waals surface area contributed by atoms with Crippen LogP contribution in [0.3, 0.4) is 0 Å². The molecule has 15 heavy (non-hydrogen) atoms. The lowest BCUT2D eigenvalue weighted by Crippen LogP contribution is -2.06. The number of carbonyl (C=O) groups excluding carboxylic acids is 1. The van der Waals surface area contributed by atoms with Crippen LogP contribution >= 0.6 is 0 Å². The number of hydrogen-bond acceptors (Lipinski definition) is 2. The second-order valence-electron chi connectivity index (χ2n) is 4.33. The van der Waals surface area contributed by atoms with Gasteiger partial charge in [0.15, 0.2) is 0 Å². The molecule has 82 valence electrons. The van der Waals surface area contributed by atoms with E-state index in [2.05, 4.69) is 6.92 Å². The molecule has 1 unspecified atom stereocenters. The minimum Gasteiger partial charge on any atom is -0.508 e. The van der Waals surface area contributed by atoms with Gasteiger partial charge in [-0.2, -0.15) is 0 Å². The number of aromatic hydroxyl groups is 1. The van der Waals surface area contributed by atoms with Crippen molar-refractivity contribution in [1.82, 2.24) is 0 Å². The minimum atomic E-state index is 0.235. The molecule has 1 N–H and O–H groups in total. The molecule has 2 heteroatoms. The van der Waals surface area contributed by atoms with Crippen molar-refractivity contribution in [2.24, 2.45) is 5.92 Å². The summed E-state index contributed by atoms with van der Waals surface area (Å²) in [7, 11) is 0. The zero-order valence-electron chi connectivity index (χ0n) is 9.58. The fraction of sp³-hybridized carbons (Fsp3) is 0.462. The summed E-state index contributed by atoms with van der Waals surface area (Å²) in [6.07, 6.45) is 1.52. The van der Waals surface area contributed by atoms with E-state index in [0.29, 0.717) is 18.1 Å². The number of benzene rings is 1. The number of ketones is 1. The smallest absolute Gasteiger partial charge is 0.130 e. The third kappa shape index (κ3) is 3.74. The van der Waals surface area contributed by atoms with Crippen molar-refractivity contribution in [3.63, 3.8) is 0 Å². The molecule has 0 aliphatic heterocycles. The average molecular weight is 206 g/mol. The Balaban J connectivity index is 2.68. The third-order valence-corrected chi connectivity index (χ3v) is 2.53. The van der Waals surface area contributed by atoms with Gasteiger partial charge in [-0.15, -0.1) is 0 Å². The molecule has 0 saturated heterocycles. The number of phenols is 1. The van der Waals surface area contributed by atoms with Crippen molar-refractivity contribution >= 4 is 5.78 Å². The van der Waals surface area contributed by atoms with E-state index in [1.54, 1.807) is 19.1 Å². The van der Waals surface area contributed by atoms with E-state index in [1.165, 1.54) is 5.56 Å². The van der Waals surface area contributed by atoms with Crippen LogP contribution in [0.25, 0.3) is 0 Å². The lowest BCUT2D eigenvalue weighted by Gasteiger charge is -2.11. The van der Waals surface area contributed by atoms with Crippen LogP contribution in [0.2, 0.25) is 0 Å². The highest BCUT2D eigenvalue weighted by Gasteiger charge is 2.08. The minimum absolute atomic E-state index is 0.235. The van der Waals surface area contributed by atoms with Crippen LogP contribution in [0, 0.1) is 12.8 Å². The van der Waals surface area contributed by atoms with E-state index in [-0.39, 0.29) is 5.78 Å². The maximum Gasteiger partial charge on any atom is 0.130 e. The molecule has 0 aromatic heterocycles. The molecule has 0 fully saturated rings. The molecule has 1 aromatic rings. The van der Waals surface area contributed by atoms with Crippen LogP contribution in [0.15, 0.2) is 18.2 Å². The summed E-state index contributed by atoms with van der Waals surface area (Å²) in [5, 5.41) is 9.26. The van der Waals surface area contributed by atoms with Gasteiger partial charge in [-0.25, -0.2) is 0 Å². The van der Waals surface area contributed by atoms with E-state index in [1.807, 2.05) is 13.0 Å². The number of phenolic OH excluding ortho intramolecular Hbond substituents is 1. The Bertz CT molecular complexity index is 356. The molecule has 1 aromatic carbocycles. The summed E-state index contributed by atoms with van der Waals surface area (Å²) < 4.78 is 0. The van der Waals surface area contributed by atoms with Gasteiger partial charge in [0.2, 0.25) is 0 Å². The van der Waals surface area contributed by atoms with Gasteiger partial charge in [-0.1, -0.05) is 13.0 Å². The van der Waals surface area contributed by atoms with Crippen LogP contribution in [-0.2, 0) is 11.2 Å². The number of rotatable bonds is 4. The van der Waals surface area contributed by atoms with Crippen molar-refractivity contribution in [3.05, 3.63) is 29.3 Å². The molecule has 1 rings (SSSR count). The van der Waals surface area contributed by atoms with Gasteiger partial charge < -0.3 is 9.90 Å². The van der Waals surface area contributed by atoms with Gasteiger partial charge in [0, 0.05) is 6.42 Å². The van der Waals surface area contributed by atoms with Crippen molar-refractivity contribution in [3.8, 4) is 5.75 Å². The number of carbonyl (C=O) groups is 1. The molecule has 0 bridgehead atoms. The van der Waals surface area contributed by atoms with E-state index < -0.39 is 0 Å². The normalized spacial score (nSPS) is 12.5. The number of aryl methyl sites for hydroxylation is 1. The summed E-state index contributed by atoms with van der Waals surface area (Å²) in [5.74, 6) is 0.903. The molecular weight excluding hydrogens is 188 g/mol. The van der Waals surface area contributed by atoms with Gasteiger partial charge in [-0.05, 0) is 49.4 Å².